The molecule has 0 radical (unpaired) electrons. The molecule has 2 amide bonds. The molecule has 4 rings (SSSR count). The highest BCUT2D eigenvalue weighted by atomic mass is 19.1. The predicted octanol–water partition coefficient (Wildman–Crippen LogP) is 3.28. The van der Waals surface area contributed by atoms with Crippen molar-refractivity contribution in [3.8, 4) is 5.69 Å². The van der Waals surface area contributed by atoms with Crippen molar-refractivity contribution in [2.24, 2.45) is 0 Å². The lowest BCUT2D eigenvalue weighted by Gasteiger charge is -2.38. The number of carbonyl (C=O) groups is 1. The second kappa shape index (κ2) is 8.40. The summed E-state index contributed by atoms with van der Waals surface area (Å²) < 4.78 is 20.5. The summed E-state index contributed by atoms with van der Waals surface area (Å²) >= 11 is 0. The summed E-state index contributed by atoms with van der Waals surface area (Å²) in [6.45, 7) is 1.68. The lowest BCUT2D eigenvalue weighted by atomic mass is 9.74. The summed E-state index contributed by atoms with van der Waals surface area (Å²) in [6.07, 6.45) is 4.89. The third-order valence-electron chi connectivity index (χ3n) is 5.31. The van der Waals surface area contributed by atoms with Gasteiger partial charge in [0.1, 0.15) is 5.82 Å². The van der Waals surface area contributed by atoms with Gasteiger partial charge in [-0.1, -0.05) is 17.3 Å². The van der Waals surface area contributed by atoms with Gasteiger partial charge in [0.15, 0.2) is 0 Å². The van der Waals surface area contributed by atoms with Crippen molar-refractivity contribution >= 4 is 11.7 Å². The number of nitrogens with zero attached hydrogens (tertiary/aromatic N) is 3. The van der Waals surface area contributed by atoms with E-state index in [2.05, 4.69) is 20.9 Å². The van der Waals surface area contributed by atoms with E-state index in [-0.39, 0.29) is 17.3 Å². The van der Waals surface area contributed by atoms with Gasteiger partial charge < -0.3 is 15.4 Å². The number of anilines is 1. The van der Waals surface area contributed by atoms with Crippen LogP contribution in [0.25, 0.3) is 5.69 Å². The standard InChI is InChI=1S/C21H22FN5O2/c22-17-3-1-16(2-4-17)21(9-13-29-14-10-21)15-23-20(28)25-18-5-7-19(8-6-18)27-12-11-24-26-27/h1-8,11-12H,9-10,13-15H2,(H2,23,25,28). The lowest BCUT2D eigenvalue weighted by molar-refractivity contribution is 0.0508. The summed E-state index contributed by atoms with van der Waals surface area (Å²) in [7, 11) is 0. The van der Waals surface area contributed by atoms with Gasteiger partial charge in [-0.15, -0.1) is 5.10 Å². The Morgan fingerprint density at radius 2 is 1.83 bits per heavy atom. The molecule has 1 aliphatic heterocycles. The first-order valence-electron chi connectivity index (χ1n) is 9.50. The van der Waals surface area contributed by atoms with Crippen LogP contribution in [-0.4, -0.2) is 40.8 Å². The Morgan fingerprint density at radius 1 is 1.10 bits per heavy atom. The Morgan fingerprint density at radius 3 is 2.48 bits per heavy atom. The Kier molecular flexibility index (Phi) is 5.53. The van der Waals surface area contributed by atoms with E-state index in [1.54, 1.807) is 41.3 Å². The van der Waals surface area contributed by atoms with Gasteiger partial charge >= 0.3 is 6.03 Å². The maximum atomic E-state index is 13.3. The number of urea groups is 1. The van der Waals surface area contributed by atoms with Gasteiger partial charge in [0.25, 0.3) is 0 Å². The topological polar surface area (TPSA) is 81.1 Å². The molecule has 1 aromatic heterocycles. The average molecular weight is 395 g/mol. The third kappa shape index (κ3) is 4.43. The fraction of sp³-hybridized carbons (Fsp3) is 0.286. The minimum absolute atomic E-state index is 0.264. The molecule has 0 unspecified atom stereocenters. The van der Waals surface area contributed by atoms with Gasteiger partial charge in [-0.2, -0.15) is 0 Å². The summed E-state index contributed by atoms with van der Waals surface area (Å²) in [5.41, 5.74) is 2.28. The number of rotatable bonds is 5. The number of hydrogen-bond donors (Lipinski definition) is 2. The molecule has 2 heterocycles. The molecule has 2 N–H and O–H groups in total. The molecule has 150 valence electrons. The molecule has 3 aromatic rings. The predicted molar refractivity (Wildman–Crippen MR) is 107 cm³/mol. The van der Waals surface area contributed by atoms with Crippen LogP contribution in [0.1, 0.15) is 18.4 Å². The van der Waals surface area contributed by atoms with E-state index in [1.165, 1.54) is 12.1 Å². The number of hydrogen-bond acceptors (Lipinski definition) is 4. The SMILES string of the molecule is O=C(NCC1(c2ccc(F)cc2)CCOCC1)Nc1ccc(-n2ccnn2)cc1. The van der Waals surface area contributed by atoms with Crippen molar-refractivity contribution in [1.29, 1.82) is 0 Å². The Balaban J connectivity index is 1.40. The first kappa shape index (κ1) is 19.1. The minimum atomic E-state index is -0.286. The number of halogens is 1. The van der Waals surface area contributed by atoms with E-state index in [1.807, 2.05) is 12.1 Å². The van der Waals surface area contributed by atoms with Crippen molar-refractivity contribution in [1.82, 2.24) is 20.3 Å². The quantitative estimate of drug-likeness (QED) is 0.695. The van der Waals surface area contributed by atoms with E-state index in [4.69, 9.17) is 4.74 Å². The molecule has 8 heteroatoms. The maximum Gasteiger partial charge on any atom is 0.319 e. The zero-order valence-corrected chi connectivity index (χ0v) is 15.8. The van der Waals surface area contributed by atoms with Crippen LogP contribution >= 0.6 is 0 Å². The second-order valence-corrected chi connectivity index (χ2v) is 7.10. The van der Waals surface area contributed by atoms with E-state index in [9.17, 15) is 9.18 Å². The van der Waals surface area contributed by atoms with Gasteiger partial charge in [0, 0.05) is 30.9 Å². The summed E-state index contributed by atoms with van der Waals surface area (Å²) in [5.74, 6) is -0.268. The first-order valence-corrected chi connectivity index (χ1v) is 9.50. The molecule has 7 nitrogen and oxygen atoms in total. The number of nitrogens with one attached hydrogen (secondary N) is 2. The fourth-order valence-corrected chi connectivity index (χ4v) is 3.60. The second-order valence-electron chi connectivity index (χ2n) is 7.10. The summed E-state index contributed by atoms with van der Waals surface area (Å²) in [6, 6.07) is 13.5. The van der Waals surface area contributed by atoms with Gasteiger partial charge in [0.05, 0.1) is 18.1 Å². The van der Waals surface area contributed by atoms with Crippen LogP contribution in [0.4, 0.5) is 14.9 Å². The lowest BCUT2D eigenvalue weighted by Crippen LogP contribution is -2.45. The fourth-order valence-electron chi connectivity index (χ4n) is 3.60. The smallest absolute Gasteiger partial charge is 0.319 e. The van der Waals surface area contributed by atoms with Crippen molar-refractivity contribution < 1.29 is 13.9 Å². The molecule has 0 saturated carbocycles. The molecule has 0 spiro atoms. The highest BCUT2D eigenvalue weighted by Gasteiger charge is 2.34. The van der Waals surface area contributed by atoms with E-state index < -0.39 is 0 Å². The van der Waals surface area contributed by atoms with Crippen LogP contribution in [-0.2, 0) is 10.2 Å². The van der Waals surface area contributed by atoms with E-state index in [0.717, 1.165) is 24.1 Å². The monoisotopic (exact) mass is 395 g/mol. The van der Waals surface area contributed by atoms with Gasteiger partial charge in [-0.05, 0) is 54.8 Å². The van der Waals surface area contributed by atoms with Gasteiger partial charge in [0.2, 0.25) is 0 Å². The number of carbonyl (C=O) groups excluding carboxylic acids is 1. The maximum absolute atomic E-state index is 13.3. The van der Waals surface area contributed by atoms with Crippen LogP contribution in [0.5, 0.6) is 0 Å². The normalized spacial score (nSPS) is 15.6. The van der Waals surface area contributed by atoms with Crippen molar-refractivity contribution in [3.05, 3.63) is 72.3 Å². The van der Waals surface area contributed by atoms with Crippen molar-refractivity contribution in [3.63, 3.8) is 0 Å². The molecule has 1 saturated heterocycles. The highest BCUT2D eigenvalue weighted by Crippen LogP contribution is 2.34. The molecular weight excluding hydrogens is 373 g/mol. The van der Waals surface area contributed by atoms with E-state index in [0.29, 0.717) is 25.4 Å². The van der Waals surface area contributed by atoms with Crippen molar-refractivity contribution in [2.45, 2.75) is 18.3 Å². The third-order valence-corrected chi connectivity index (χ3v) is 5.31. The molecule has 1 fully saturated rings. The summed E-state index contributed by atoms with van der Waals surface area (Å²) in [4.78, 5) is 12.5. The summed E-state index contributed by atoms with van der Waals surface area (Å²) in [5, 5.41) is 13.5. The van der Waals surface area contributed by atoms with Crippen LogP contribution in [0.15, 0.2) is 60.9 Å². The highest BCUT2D eigenvalue weighted by molar-refractivity contribution is 5.89. The molecule has 2 aromatic carbocycles. The van der Waals surface area contributed by atoms with Crippen LogP contribution in [0, 0.1) is 5.82 Å². The largest absolute Gasteiger partial charge is 0.381 e. The van der Waals surface area contributed by atoms with Crippen LogP contribution in [0.2, 0.25) is 0 Å². The number of benzene rings is 2. The van der Waals surface area contributed by atoms with Crippen LogP contribution < -0.4 is 10.6 Å². The molecule has 0 aliphatic carbocycles. The Hall–Kier alpha value is -3.26. The van der Waals surface area contributed by atoms with Gasteiger partial charge in [-0.25, -0.2) is 13.9 Å². The van der Waals surface area contributed by atoms with Crippen molar-refractivity contribution in [2.75, 3.05) is 25.1 Å². The average Bonchev–Trinajstić information content (AvgIpc) is 3.29. The zero-order chi connectivity index (χ0) is 20.1. The molecule has 0 bridgehead atoms. The molecule has 1 aliphatic rings. The zero-order valence-electron chi connectivity index (χ0n) is 15.8. The van der Waals surface area contributed by atoms with Crippen LogP contribution in [0.3, 0.4) is 0 Å². The molecule has 29 heavy (non-hydrogen) atoms. The van der Waals surface area contributed by atoms with Gasteiger partial charge in [-0.3, -0.25) is 0 Å². The molecule has 0 atom stereocenters. The minimum Gasteiger partial charge on any atom is -0.381 e. The Labute approximate surface area is 167 Å². The first-order chi connectivity index (χ1) is 14.1. The van der Waals surface area contributed by atoms with E-state index >= 15 is 0 Å². The number of aromatic nitrogens is 3. The number of amides is 2. The Bertz CT molecular complexity index is 936. The molecular formula is C21H22FN5O2. The number of ether oxygens (including phenoxy) is 1.